The van der Waals surface area contributed by atoms with E-state index >= 15 is 0 Å². The molecule has 2 amide bonds. The Labute approximate surface area is 201 Å². The van der Waals surface area contributed by atoms with Crippen LogP contribution in [0.3, 0.4) is 0 Å². The van der Waals surface area contributed by atoms with Crippen LogP contribution in [0.1, 0.15) is 45.6 Å². The number of rotatable bonds is 5. The number of aromatic nitrogens is 4. The molecular formula is C22H27ClN6O5. The third-order valence-corrected chi connectivity index (χ3v) is 6.60. The van der Waals surface area contributed by atoms with Crippen LogP contribution in [0.25, 0.3) is 5.69 Å². The molecule has 182 valence electrons. The second-order valence-electron chi connectivity index (χ2n) is 9.74. The number of carbonyl (C=O) groups is 3. The van der Waals surface area contributed by atoms with Gasteiger partial charge in [0.15, 0.2) is 6.04 Å². The highest BCUT2D eigenvalue weighted by Crippen LogP contribution is 2.36. The molecular weight excluding hydrogens is 464 g/mol. The summed E-state index contributed by atoms with van der Waals surface area (Å²) in [6, 6.07) is 3.25. The van der Waals surface area contributed by atoms with Crippen molar-refractivity contribution in [2.24, 2.45) is 0 Å². The monoisotopic (exact) mass is 490 g/mol. The Morgan fingerprint density at radius 2 is 2.03 bits per heavy atom. The molecule has 2 aromatic rings. The molecule has 2 saturated heterocycles. The van der Waals surface area contributed by atoms with Crippen LogP contribution in [-0.4, -0.2) is 78.3 Å². The fraction of sp³-hybridized carbons (Fsp3) is 0.545. The largest absolute Gasteiger partial charge is 0.544 e. The van der Waals surface area contributed by atoms with Crippen molar-refractivity contribution in [1.29, 1.82) is 0 Å². The number of tetrazole rings is 1. The highest BCUT2D eigenvalue weighted by atomic mass is 35.5. The molecule has 0 spiro atoms. The Kier molecular flexibility index (Phi) is 6.34. The van der Waals surface area contributed by atoms with Crippen LogP contribution < -0.4 is 5.11 Å². The van der Waals surface area contributed by atoms with Crippen molar-refractivity contribution in [3.63, 3.8) is 0 Å². The quantitative estimate of drug-likeness (QED) is 0.569. The number of hydrogen-bond donors (Lipinski definition) is 0. The van der Waals surface area contributed by atoms with E-state index in [1.165, 1.54) is 15.9 Å². The number of hydrogen-bond acceptors (Lipinski definition) is 8. The third kappa shape index (κ3) is 4.49. The van der Waals surface area contributed by atoms with Crippen LogP contribution >= 0.6 is 11.6 Å². The molecule has 3 heterocycles. The van der Waals surface area contributed by atoms with E-state index in [-0.39, 0.29) is 16.9 Å². The molecule has 0 aliphatic carbocycles. The first kappa shape index (κ1) is 24.1. The van der Waals surface area contributed by atoms with Gasteiger partial charge in [-0.15, -0.1) is 5.10 Å². The van der Waals surface area contributed by atoms with Crippen molar-refractivity contribution in [3.8, 4) is 5.69 Å². The average Bonchev–Trinajstić information content (AvgIpc) is 3.36. The lowest BCUT2D eigenvalue weighted by Crippen LogP contribution is -2.69. The van der Waals surface area contributed by atoms with Crippen molar-refractivity contribution >= 4 is 29.6 Å². The van der Waals surface area contributed by atoms with Gasteiger partial charge >= 0.3 is 12.0 Å². The van der Waals surface area contributed by atoms with E-state index in [9.17, 15) is 19.5 Å². The third-order valence-electron chi connectivity index (χ3n) is 6.36. The van der Waals surface area contributed by atoms with Gasteiger partial charge in [0.1, 0.15) is 24.5 Å². The zero-order valence-corrected chi connectivity index (χ0v) is 20.1. The fourth-order valence-corrected chi connectivity index (χ4v) is 4.97. The number of ether oxygens (including phenoxy) is 1. The van der Waals surface area contributed by atoms with E-state index in [0.29, 0.717) is 48.6 Å². The van der Waals surface area contributed by atoms with Crippen LogP contribution in [-0.2, 0) is 20.9 Å². The van der Waals surface area contributed by atoms with Crippen molar-refractivity contribution in [2.45, 2.75) is 64.3 Å². The summed E-state index contributed by atoms with van der Waals surface area (Å²) >= 11 is 6.26. The van der Waals surface area contributed by atoms with E-state index in [0.717, 1.165) is 0 Å². The zero-order valence-electron chi connectivity index (χ0n) is 19.3. The summed E-state index contributed by atoms with van der Waals surface area (Å²) in [5, 5.41) is 23.9. The van der Waals surface area contributed by atoms with Crippen LogP contribution in [0.2, 0.25) is 5.02 Å². The van der Waals surface area contributed by atoms with Gasteiger partial charge in [0, 0.05) is 30.0 Å². The minimum atomic E-state index is -1.29. The summed E-state index contributed by atoms with van der Waals surface area (Å²) in [6.07, 6.45) is 2.09. The lowest BCUT2D eigenvalue weighted by Gasteiger charge is -2.46. The van der Waals surface area contributed by atoms with E-state index < -0.39 is 29.7 Å². The summed E-state index contributed by atoms with van der Waals surface area (Å²) in [4.78, 5) is 40.2. The van der Waals surface area contributed by atoms with Gasteiger partial charge < -0.3 is 14.6 Å². The number of carboxylic acid groups (broad SMARTS) is 1. The second kappa shape index (κ2) is 8.95. The molecule has 34 heavy (non-hydrogen) atoms. The minimum absolute atomic E-state index is 0.0475. The van der Waals surface area contributed by atoms with E-state index in [2.05, 4.69) is 15.5 Å². The Morgan fingerprint density at radius 1 is 1.26 bits per heavy atom. The smallest absolute Gasteiger partial charge is 0.411 e. The normalized spacial score (nSPS) is 24.5. The molecule has 2 aliphatic heterocycles. The lowest BCUT2D eigenvalue weighted by molar-refractivity contribution is -0.875. The number of carboxylic acids is 1. The summed E-state index contributed by atoms with van der Waals surface area (Å²) < 4.78 is 6.51. The summed E-state index contributed by atoms with van der Waals surface area (Å²) in [5.41, 5.74) is 0.487. The van der Waals surface area contributed by atoms with Crippen molar-refractivity contribution in [2.75, 3.05) is 13.1 Å². The molecule has 1 aromatic carbocycles. The highest BCUT2D eigenvalue weighted by molar-refractivity contribution is 6.30. The molecule has 1 aromatic heterocycles. The summed E-state index contributed by atoms with van der Waals surface area (Å²) in [6.45, 7) is 5.98. The molecule has 4 rings (SSSR count). The Morgan fingerprint density at radius 3 is 2.62 bits per heavy atom. The summed E-state index contributed by atoms with van der Waals surface area (Å²) in [5.74, 6) is -1.63. The summed E-state index contributed by atoms with van der Waals surface area (Å²) in [7, 11) is 0. The molecule has 2 fully saturated rings. The van der Waals surface area contributed by atoms with Crippen LogP contribution in [0.5, 0.6) is 0 Å². The first-order chi connectivity index (χ1) is 16.0. The highest BCUT2D eigenvalue weighted by Gasteiger charge is 2.56. The number of halogens is 1. The van der Waals surface area contributed by atoms with E-state index in [1.807, 2.05) is 0 Å². The molecule has 0 N–H and O–H groups in total. The maximum absolute atomic E-state index is 14.0. The predicted molar refractivity (Wildman–Crippen MR) is 117 cm³/mol. The first-order valence-corrected chi connectivity index (χ1v) is 11.5. The SMILES string of the molecule is CC(C)(C)OC(=O)N1CCC1C(=O)[N+]1(Cc2cc(Cl)ccc2-n2cnnn2)CCC[C@H]1C(=O)[O-]. The van der Waals surface area contributed by atoms with Crippen molar-refractivity contribution < 1.29 is 28.7 Å². The van der Waals surface area contributed by atoms with E-state index in [4.69, 9.17) is 16.3 Å². The predicted octanol–water partition coefficient (Wildman–Crippen LogP) is 1.08. The van der Waals surface area contributed by atoms with Gasteiger partial charge in [-0.2, -0.15) is 0 Å². The van der Waals surface area contributed by atoms with Crippen molar-refractivity contribution in [3.05, 3.63) is 35.1 Å². The lowest BCUT2D eigenvalue weighted by atomic mass is 9.98. The van der Waals surface area contributed by atoms with Gasteiger partial charge in [0.25, 0.3) is 0 Å². The molecule has 2 aliphatic rings. The number of amides is 2. The van der Waals surface area contributed by atoms with E-state index in [1.54, 1.807) is 39.0 Å². The van der Waals surface area contributed by atoms with Gasteiger partial charge in [-0.1, -0.05) is 11.6 Å². The number of carbonyl (C=O) groups excluding carboxylic acids is 3. The van der Waals surface area contributed by atoms with Gasteiger partial charge in [-0.25, -0.2) is 18.8 Å². The maximum Gasteiger partial charge on any atom is 0.411 e. The molecule has 3 atom stereocenters. The zero-order chi connectivity index (χ0) is 24.7. The van der Waals surface area contributed by atoms with Gasteiger partial charge in [-0.05, 0) is 55.8 Å². The number of likely N-dealkylation sites (tertiary alicyclic amines) is 2. The molecule has 12 heteroatoms. The van der Waals surface area contributed by atoms with Crippen LogP contribution in [0.4, 0.5) is 4.79 Å². The Balaban J connectivity index is 1.71. The van der Waals surface area contributed by atoms with Crippen LogP contribution in [0.15, 0.2) is 24.5 Å². The maximum atomic E-state index is 14.0. The number of quaternary nitrogens is 1. The average molecular weight is 491 g/mol. The van der Waals surface area contributed by atoms with Gasteiger partial charge in [-0.3, -0.25) is 4.90 Å². The van der Waals surface area contributed by atoms with Gasteiger partial charge in [0.2, 0.25) is 0 Å². The molecule has 11 nitrogen and oxygen atoms in total. The van der Waals surface area contributed by atoms with Crippen molar-refractivity contribution in [1.82, 2.24) is 25.1 Å². The molecule has 2 unspecified atom stereocenters. The molecule has 0 saturated carbocycles. The first-order valence-electron chi connectivity index (χ1n) is 11.2. The Hall–Kier alpha value is -3.05. The van der Waals surface area contributed by atoms with Crippen LogP contribution in [0, 0.1) is 0 Å². The van der Waals surface area contributed by atoms with Gasteiger partial charge in [0.05, 0.1) is 18.2 Å². The topological polar surface area (TPSA) is 130 Å². The second-order valence-corrected chi connectivity index (χ2v) is 10.2. The number of benzene rings is 1. The molecule has 0 bridgehead atoms. The molecule has 0 radical (unpaired) electrons. The standard InChI is InChI=1S/C22H27ClN6O5/c1-22(2,3)34-21(33)27-9-8-17(27)19(30)29(10-4-5-18(29)20(31)32)12-14-11-15(23)6-7-16(14)28-13-24-25-26-28/h6-7,11,13,17-18H,4-5,8-10,12H2,1-3H3/t17?,18-,29?/m0/s1. The number of aliphatic carboxylic acids is 1. The minimum Gasteiger partial charge on any atom is -0.544 e. The Bertz CT molecular complexity index is 1100. The number of nitrogens with zero attached hydrogens (tertiary/aromatic N) is 6. The fourth-order valence-electron chi connectivity index (χ4n) is 4.78.